The number of nitrogens with one attached hydrogen (secondary N) is 1. The van der Waals surface area contributed by atoms with Crippen molar-refractivity contribution in [2.75, 3.05) is 0 Å². The number of carbonyl (C=O) groups is 1. The van der Waals surface area contributed by atoms with Gasteiger partial charge in [0.2, 0.25) is 0 Å². The van der Waals surface area contributed by atoms with Gasteiger partial charge in [0.15, 0.2) is 5.17 Å². The highest BCUT2D eigenvalue weighted by molar-refractivity contribution is 9.10. The number of ether oxygens (including phenoxy) is 1. The van der Waals surface area contributed by atoms with Crippen LogP contribution in [0.15, 0.2) is 62.9 Å². The van der Waals surface area contributed by atoms with Crippen molar-refractivity contribution in [2.24, 2.45) is 4.99 Å². The molecule has 0 spiro atoms. The second-order valence-corrected chi connectivity index (χ2v) is 8.84. The Kier molecular flexibility index (Phi) is 6.17. The first-order valence-corrected chi connectivity index (χ1v) is 11.0. The molecule has 0 atom stereocenters. The van der Waals surface area contributed by atoms with E-state index < -0.39 is 0 Å². The van der Waals surface area contributed by atoms with E-state index >= 15 is 0 Å². The van der Waals surface area contributed by atoms with Gasteiger partial charge >= 0.3 is 0 Å². The molecule has 1 aliphatic heterocycles. The Morgan fingerprint density at radius 1 is 1.18 bits per heavy atom. The fraction of sp³-hybridized carbons (Fsp3) is 0.273. The Hall–Kier alpha value is -2.05. The van der Waals surface area contributed by atoms with Crippen LogP contribution in [-0.2, 0) is 11.4 Å². The molecule has 4 rings (SSSR count). The zero-order valence-electron chi connectivity index (χ0n) is 15.4. The molecule has 1 amide bonds. The molecule has 2 fully saturated rings. The molecule has 0 aromatic heterocycles. The van der Waals surface area contributed by atoms with Crippen molar-refractivity contribution in [3.8, 4) is 5.75 Å². The van der Waals surface area contributed by atoms with E-state index in [1.807, 2.05) is 54.6 Å². The first kappa shape index (κ1) is 19.3. The lowest BCUT2D eigenvalue weighted by molar-refractivity contribution is -0.115. The Morgan fingerprint density at radius 2 is 1.96 bits per heavy atom. The van der Waals surface area contributed by atoms with Gasteiger partial charge in [-0.15, -0.1) is 0 Å². The second-order valence-electron chi connectivity index (χ2n) is 6.89. The molecule has 144 valence electrons. The lowest BCUT2D eigenvalue weighted by atomic mass is 10.2. The number of carbonyl (C=O) groups excluding carboxylic acids is 1. The van der Waals surface area contributed by atoms with E-state index in [1.165, 1.54) is 24.6 Å². The van der Waals surface area contributed by atoms with Crippen LogP contribution in [0, 0.1) is 0 Å². The number of hydrogen-bond acceptors (Lipinski definition) is 4. The van der Waals surface area contributed by atoms with Gasteiger partial charge in [-0.2, -0.15) is 0 Å². The third kappa shape index (κ3) is 4.86. The second kappa shape index (κ2) is 8.97. The number of halogens is 1. The van der Waals surface area contributed by atoms with E-state index in [4.69, 9.17) is 9.73 Å². The fourth-order valence-corrected chi connectivity index (χ4v) is 4.59. The van der Waals surface area contributed by atoms with Crippen molar-refractivity contribution in [3.05, 3.63) is 69.0 Å². The summed E-state index contributed by atoms with van der Waals surface area (Å²) in [7, 11) is 0. The molecule has 28 heavy (non-hydrogen) atoms. The number of aliphatic imine (C=N–C) groups is 1. The van der Waals surface area contributed by atoms with Gasteiger partial charge in [0.25, 0.3) is 5.91 Å². The molecule has 2 aromatic carbocycles. The molecule has 4 nitrogen and oxygen atoms in total. The average molecular weight is 457 g/mol. The topological polar surface area (TPSA) is 50.7 Å². The summed E-state index contributed by atoms with van der Waals surface area (Å²) in [5.74, 6) is 0.643. The number of rotatable bonds is 5. The van der Waals surface area contributed by atoms with Crippen molar-refractivity contribution in [1.29, 1.82) is 0 Å². The summed E-state index contributed by atoms with van der Waals surface area (Å²) in [6.07, 6.45) is 6.55. The van der Waals surface area contributed by atoms with Crippen LogP contribution in [0.2, 0.25) is 0 Å². The van der Waals surface area contributed by atoms with Gasteiger partial charge < -0.3 is 10.1 Å². The summed E-state index contributed by atoms with van der Waals surface area (Å²) in [5, 5.41) is 3.61. The summed E-state index contributed by atoms with van der Waals surface area (Å²) in [6.45, 7) is 0.479. The standard InChI is InChI=1S/C22H21BrN2O2S/c23-17-10-11-19(27-14-15-6-2-1-3-7-15)16(12-17)13-20-21(26)25-22(28-20)24-18-8-4-5-9-18/h1-3,6-7,10-13,18H,4-5,8-9,14H2,(H,24,25,26)/b20-13+. The minimum Gasteiger partial charge on any atom is -0.488 e. The van der Waals surface area contributed by atoms with Gasteiger partial charge in [-0.25, -0.2) is 0 Å². The highest BCUT2D eigenvalue weighted by Gasteiger charge is 2.26. The minimum absolute atomic E-state index is 0.101. The smallest absolute Gasteiger partial charge is 0.264 e. The molecule has 1 saturated carbocycles. The molecule has 2 aromatic rings. The Bertz CT molecular complexity index is 921. The van der Waals surface area contributed by atoms with Gasteiger partial charge in [-0.1, -0.05) is 59.1 Å². The Balaban J connectivity index is 1.53. The van der Waals surface area contributed by atoms with Crippen molar-refractivity contribution >= 4 is 44.8 Å². The molecule has 0 bridgehead atoms. The summed E-state index contributed by atoms with van der Waals surface area (Å²) in [4.78, 5) is 17.7. The molecule has 1 aliphatic carbocycles. The van der Waals surface area contributed by atoms with E-state index in [0.717, 1.165) is 34.2 Å². The maximum atomic E-state index is 12.4. The predicted molar refractivity (Wildman–Crippen MR) is 118 cm³/mol. The van der Waals surface area contributed by atoms with Crippen LogP contribution in [0.5, 0.6) is 5.75 Å². The van der Waals surface area contributed by atoms with Crippen molar-refractivity contribution in [2.45, 2.75) is 38.3 Å². The van der Waals surface area contributed by atoms with Gasteiger partial charge in [-0.05, 0) is 54.4 Å². The first-order chi connectivity index (χ1) is 13.7. The molecule has 0 unspecified atom stereocenters. The van der Waals surface area contributed by atoms with E-state index in [0.29, 0.717) is 22.7 Å². The summed E-state index contributed by atoms with van der Waals surface area (Å²) < 4.78 is 6.96. The number of nitrogens with zero attached hydrogens (tertiary/aromatic N) is 1. The van der Waals surface area contributed by atoms with Gasteiger partial charge in [-0.3, -0.25) is 9.79 Å². The number of thioether (sulfide) groups is 1. The highest BCUT2D eigenvalue weighted by atomic mass is 79.9. The van der Waals surface area contributed by atoms with Crippen LogP contribution >= 0.6 is 27.7 Å². The molecule has 1 saturated heterocycles. The normalized spacial score (nSPS) is 20.1. The van der Waals surface area contributed by atoms with Crippen molar-refractivity contribution in [3.63, 3.8) is 0 Å². The molecular weight excluding hydrogens is 436 g/mol. The maximum Gasteiger partial charge on any atom is 0.264 e. The van der Waals surface area contributed by atoms with Crippen LogP contribution in [0.1, 0.15) is 36.8 Å². The van der Waals surface area contributed by atoms with E-state index in [9.17, 15) is 4.79 Å². The zero-order chi connectivity index (χ0) is 19.3. The third-order valence-corrected chi connectivity index (χ3v) is 6.19. The first-order valence-electron chi connectivity index (χ1n) is 9.42. The van der Waals surface area contributed by atoms with Crippen LogP contribution in [0.4, 0.5) is 0 Å². The van der Waals surface area contributed by atoms with Gasteiger partial charge in [0.05, 0.1) is 10.9 Å². The average Bonchev–Trinajstić information content (AvgIpc) is 3.32. The lowest BCUT2D eigenvalue weighted by Crippen LogP contribution is -2.21. The molecule has 1 heterocycles. The highest BCUT2D eigenvalue weighted by Crippen LogP contribution is 2.32. The van der Waals surface area contributed by atoms with Gasteiger partial charge in [0.1, 0.15) is 12.4 Å². The number of hydrogen-bond donors (Lipinski definition) is 1. The van der Waals surface area contributed by atoms with E-state index in [1.54, 1.807) is 0 Å². The van der Waals surface area contributed by atoms with Crippen molar-refractivity contribution in [1.82, 2.24) is 5.32 Å². The Labute approximate surface area is 177 Å². The zero-order valence-corrected chi connectivity index (χ0v) is 17.8. The lowest BCUT2D eigenvalue weighted by Gasteiger charge is -2.10. The summed E-state index contributed by atoms with van der Waals surface area (Å²) in [6, 6.07) is 16.2. The third-order valence-electron chi connectivity index (χ3n) is 4.77. The molecule has 1 N–H and O–H groups in total. The van der Waals surface area contributed by atoms with Crippen LogP contribution in [0.25, 0.3) is 6.08 Å². The SMILES string of the molecule is O=C1NC(=NC2CCCC2)S/C1=C/c1cc(Br)ccc1OCc1ccccc1. The quantitative estimate of drug-likeness (QED) is 0.601. The van der Waals surface area contributed by atoms with Crippen LogP contribution in [0.3, 0.4) is 0 Å². The molecular formula is C22H21BrN2O2S. The predicted octanol–water partition coefficient (Wildman–Crippen LogP) is 5.53. The van der Waals surface area contributed by atoms with Crippen molar-refractivity contribution < 1.29 is 9.53 Å². The Morgan fingerprint density at radius 3 is 2.75 bits per heavy atom. The number of benzene rings is 2. The summed E-state index contributed by atoms with van der Waals surface area (Å²) >= 11 is 4.92. The number of amidine groups is 1. The van der Waals surface area contributed by atoms with E-state index in [2.05, 4.69) is 21.2 Å². The van der Waals surface area contributed by atoms with Gasteiger partial charge in [0, 0.05) is 10.0 Å². The van der Waals surface area contributed by atoms with E-state index in [-0.39, 0.29) is 5.91 Å². The monoisotopic (exact) mass is 456 g/mol. The molecule has 6 heteroatoms. The maximum absolute atomic E-state index is 12.4. The number of amides is 1. The molecule has 2 aliphatic rings. The summed E-state index contributed by atoms with van der Waals surface area (Å²) in [5.41, 5.74) is 1.97. The van der Waals surface area contributed by atoms with Crippen LogP contribution in [-0.4, -0.2) is 17.1 Å². The van der Waals surface area contributed by atoms with Crippen LogP contribution < -0.4 is 10.1 Å². The largest absolute Gasteiger partial charge is 0.488 e. The molecule has 0 radical (unpaired) electrons. The fourth-order valence-electron chi connectivity index (χ4n) is 3.33. The minimum atomic E-state index is -0.101.